The summed E-state index contributed by atoms with van der Waals surface area (Å²) in [5.41, 5.74) is 0.347. The van der Waals surface area contributed by atoms with E-state index in [9.17, 15) is 13.9 Å². The zero-order valence-electron chi connectivity index (χ0n) is 7.41. The summed E-state index contributed by atoms with van der Waals surface area (Å²) in [7, 11) is 0. The third-order valence-electron chi connectivity index (χ3n) is 1.85. The maximum absolute atomic E-state index is 12.2. The number of rotatable bonds is 4. The lowest BCUT2D eigenvalue weighted by Crippen LogP contribution is -2.03. The number of hydrogen-bond acceptors (Lipinski definition) is 3. The van der Waals surface area contributed by atoms with Crippen LogP contribution in [0.3, 0.4) is 0 Å². The summed E-state index contributed by atoms with van der Waals surface area (Å²) in [6, 6.07) is 3.77. The van der Waals surface area contributed by atoms with Crippen LogP contribution in [0, 0.1) is 0 Å². The fourth-order valence-corrected chi connectivity index (χ4v) is 1.10. The number of alkyl halides is 2. The number of halogens is 2. The van der Waals surface area contributed by atoms with Gasteiger partial charge in [0.15, 0.2) is 0 Å². The van der Waals surface area contributed by atoms with Gasteiger partial charge in [-0.25, -0.2) is 14.7 Å². The van der Waals surface area contributed by atoms with Crippen LogP contribution in [0.5, 0.6) is 5.75 Å². The second-order valence-corrected chi connectivity index (χ2v) is 2.81. The minimum atomic E-state index is -2.57. The van der Waals surface area contributed by atoms with Crippen molar-refractivity contribution in [3.8, 4) is 5.75 Å². The second kappa shape index (κ2) is 4.88. The molecule has 0 spiro atoms. The van der Waals surface area contributed by atoms with Crippen molar-refractivity contribution in [2.45, 2.75) is 12.8 Å². The average molecular weight is 203 g/mol. The number of hydrogen-bond donors (Lipinski definition) is 2. The highest BCUT2D eigenvalue weighted by atomic mass is 19.3. The first-order chi connectivity index (χ1) is 6.65. The van der Waals surface area contributed by atoms with Crippen molar-refractivity contribution >= 4 is 0 Å². The van der Waals surface area contributed by atoms with Crippen LogP contribution in [0.4, 0.5) is 8.78 Å². The van der Waals surface area contributed by atoms with E-state index in [-0.39, 0.29) is 17.9 Å². The van der Waals surface area contributed by atoms with E-state index in [1.807, 2.05) is 0 Å². The van der Waals surface area contributed by atoms with Gasteiger partial charge in [0.2, 0.25) is 0 Å². The molecule has 0 heterocycles. The van der Waals surface area contributed by atoms with Gasteiger partial charge in [0.05, 0.1) is 6.61 Å². The van der Waals surface area contributed by atoms with Gasteiger partial charge in [-0.1, -0.05) is 12.1 Å². The Morgan fingerprint density at radius 3 is 2.64 bits per heavy atom. The van der Waals surface area contributed by atoms with Gasteiger partial charge in [0, 0.05) is 12.0 Å². The lowest BCUT2D eigenvalue weighted by atomic mass is 10.1. The van der Waals surface area contributed by atoms with Crippen LogP contribution < -0.4 is 5.90 Å². The van der Waals surface area contributed by atoms with Crippen molar-refractivity contribution in [2.24, 2.45) is 5.90 Å². The highest BCUT2D eigenvalue weighted by molar-refractivity contribution is 5.36. The minimum absolute atomic E-state index is 0.153. The molecule has 78 valence electrons. The van der Waals surface area contributed by atoms with E-state index in [1.54, 1.807) is 0 Å². The number of aromatic hydroxyl groups is 1. The van der Waals surface area contributed by atoms with E-state index < -0.39 is 6.43 Å². The van der Waals surface area contributed by atoms with Crippen LogP contribution in [-0.4, -0.2) is 11.7 Å². The molecule has 0 atom stereocenters. The molecule has 0 radical (unpaired) electrons. The zero-order chi connectivity index (χ0) is 10.6. The maximum Gasteiger partial charge on any atom is 0.263 e. The SMILES string of the molecule is NOCCc1ccc(C(F)F)cc1O. The van der Waals surface area contributed by atoms with Gasteiger partial charge in [0.25, 0.3) is 6.43 Å². The lowest BCUT2D eigenvalue weighted by molar-refractivity contribution is 0.140. The molecule has 0 bridgehead atoms. The third kappa shape index (κ3) is 2.65. The number of benzene rings is 1. The van der Waals surface area contributed by atoms with Gasteiger partial charge in [-0.15, -0.1) is 0 Å². The van der Waals surface area contributed by atoms with Crippen LogP contribution in [0.25, 0.3) is 0 Å². The van der Waals surface area contributed by atoms with Crippen molar-refractivity contribution in [1.29, 1.82) is 0 Å². The van der Waals surface area contributed by atoms with Crippen molar-refractivity contribution < 1.29 is 18.7 Å². The molecule has 0 amide bonds. The molecule has 0 aliphatic heterocycles. The fraction of sp³-hybridized carbons (Fsp3) is 0.333. The molecule has 5 heteroatoms. The standard InChI is InChI=1S/C9H11F2NO2/c10-9(11)7-2-1-6(3-4-14-12)8(13)5-7/h1-2,5,9,13H,3-4,12H2. The number of phenols is 1. The van der Waals surface area contributed by atoms with Crippen LogP contribution in [0.1, 0.15) is 17.6 Å². The third-order valence-corrected chi connectivity index (χ3v) is 1.85. The van der Waals surface area contributed by atoms with Gasteiger partial charge in [-0.3, -0.25) is 0 Å². The van der Waals surface area contributed by atoms with Gasteiger partial charge in [-0.2, -0.15) is 0 Å². The first-order valence-electron chi connectivity index (χ1n) is 4.06. The van der Waals surface area contributed by atoms with Gasteiger partial charge >= 0.3 is 0 Å². The molecule has 3 N–H and O–H groups in total. The molecule has 1 aromatic carbocycles. The summed E-state index contributed by atoms with van der Waals surface area (Å²) < 4.78 is 24.3. The van der Waals surface area contributed by atoms with E-state index >= 15 is 0 Å². The Kier molecular flexibility index (Phi) is 3.79. The van der Waals surface area contributed by atoms with Gasteiger partial charge in [-0.05, 0) is 11.6 Å². The Bertz CT molecular complexity index is 305. The van der Waals surface area contributed by atoms with E-state index in [1.165, 1.54) is 12.1 Å². The van der Waals surface area contributed by atoms with E-state index in [0.717, 1.165) is 6.07 Å². The van der Waals surface area contributed by atoms with Crippen molar-refractivity contribution in [2.75, 3.05) is 6.61 Å². The average Bonchev–Trinajstić information content (AvgIpc) is 2.15. The van der Waals surface area contributed by atoms with E-state index in [0.29, 0.717) is 12.0 Å². The Morgan fingerprint density at radius 1 is 1.43 bits per heavy atom. The van der Waals surface area contributed by atoms with Crippen LogP contribution in [0.2, 0.25) is 0 Å². The van der Waals surface area contributed by atoms with Crippen molar-refractivity contribution in [1.82, 2.24) is 0 Å². The summed E-state index contributed by atoms with van der Waals surface area (Å²) in [5, 5.41) is 9.34. The van der Waals surface area contributed by atoms with E-state index in [2.05, 4.69) is 4.84 Å². The van der Waals surface area contributed by atoms with Gasteiger partial charge < -0.3 is 9.94 Å². The molecule has 0 aromatic heterocycles. The Balaban J connectivity index is 2.79. The summed E-state index contributed by atoms with van der Waals surface area (Å²) in [5.74, 6) is 4.65. The lowest BCUT2D eigenvalue weighted by Gasteiger charge is -2.05. The zero-order valence-corrected chi connectivity index (χ0v) is 7.41. The van der Waals surface area contributed by atoms with Crippen molar-refractivity contribution in [3.05, 3.63) is 29.3 Å². The Labute approximate surface area is 80.1 Å². The maximum atomic E-state index is 12.2. The fourth-order valence-electron chi connectivity index (χ4n) is 1.10. The molecule has 1 rings (SSSR count). The molecule has 0 unspecified atom stereocenters. The molecular weight excluding hydrogens is 192 g/mol. The molecule has 1 aromatic rings. The van der Waals surface area contributed by atoms with Crippen LogP contribution >= 0.6 is 0 Å². The predicted octanol–water partition coefficient (Wildman–Crippen LogP) is 1.76. The molecule has 0 aliphatic carbocycles. The molecule has 14 heavy (non-hydrogen) atoms. The molecule has 0 aliphatic rings. The van der Waals surface area contributed by atoms with Crippen LogP contribution in [-0.2, 0) is 11.3 Å². The number of nitrogens with two attached hydrogens (primary N) is 1. The largest absolute Gasteiger partial charge is 0.508 e. The highest BCUT2D eigenvalue weighted by Crippen LogP contribution is 2.25. The highest BCUT2D eigenvalue weighted by Gasteiger charge is 2.09. The summed E-state index contributed by atoms with van der Waals surface area (Å²) in [4.78, 5) is 4.32. The van der Waals surface area contributed by atoms with Gasteiger partial charge in [0.1, 0.15) is 5.75 Å². The summed E-state index contributed by atoms with van der Waals surface area (Å²) in [6.07, 6.45) is -2.17. The summed E-state index contributed by atoms with van der Waals surface area (Å²) >= 11 is 0. The normalized spacial score (nSPS) is 10.9. The molecule has 0 saturated heterocycles. The molecular formula is C9H11F2NO2. The molecule has 0 saturated carbocycles. The minimum Gasteiger partial charge on any atom is -0.508 e. The van der Waals surface area contributed by atoms with Crippen molar-refractivity contribution in [3.63, 3.8) is 0 Å². The van der Waals surface area contributed by atoms with Crippen LogP contribution in [0.15, 0.2) is 18.2 Å². The Morgan fingerprint density at radius 2 is 2.14 bits per heavy atom. The first kappa shape index (κ1) is 10.9. The quantitative estimate of drug-likeness (QED) is 0.733. The predicted molar refractivity (Wildman–Crippen MR) is 46.9 cm³/mol. The summed E-state index contributed by atoms with van der Waals surface area (Å²) in [6.45, 7) is 0.238. The molecule has 3 nitrogen and oxygen atoms in total. The topological polar surface area (TPSA) is 55.5 Å². The number of phenolic OH excluding ortho intramolecular Hbond substituents is 1. The Hall–Kier alpha value is -1.20. The first-order valence-corrected chi connectivity index (χ1v) is 4.06. The monoisotopic (exact) mass is 203 g/mol. The van der Waals surface area contributed by atoms with E-state index in [4.69, 9.17) is 5.90 Å². The smallest absolute Gasteiger partial charge is 0.263 e. The molecule has 0 fully saturated rings. The second-order valence-electron chi connectivity index (χ2n) is 2.81.